The standard InChI is InChI=1S/C16H22N2O2/c1-2-18(13-4-3-5-13)14-9-12-8-11(16(17)19)6-7-15(12)20-10-14/h6-8,13-14H,2-5,9-10H2,1H3,(H2,17,19)/t14-/m0/s1. The molecule has 1 saturated carbocycles. The van der Waals surface area contributed by atoms with Gasteiger partial charge in [-0.15, -0.1) is 0 Å². The molecule has 0 spiro atoms. The maximum atomic E-state index is 11.3. The van der Waals surface area contributed by atoms with Crippen molar-refractivity contribution >= 4 is 5.91 Å². The summed E-state index contributed by atoms with van der Waals surface area (Å²) in [6.07, 6.45) is 4.90. The molecule has 1 amide bonds. The molecule has 1 aliphatic heterocycles. The molecular weight excluding hydrogens is 252 g/mol. The first-order valence-corrected chi connectivity index (χ1v) is 7.50. The van der Waals surface area contributed by atoms with E-state index >= 15 is 0 Å². The van der Waals surface area contributed by atoms with Gasteiger partial charge in [-0.1, -0.05) is 13.3 Å². The van der Waals surface area contributed by atoms with Crippen molar-refractivity contribution in [2.75, 3.05) is 13.2 Å². The second-order valence-corrected chi connectivity index (χ2v) is 5.77. The predicted octanol–water partition coefficient (Wildman–Crippen LogP) is 1.96. The molecule has 2 N–H and O–H groups in total. The highest BCUT2D eigenvalue weighted by atomic mass is 16.5. The fourth-order valence-electron chi connectivity index (χ4n) is 3.28. The Balaban J connectivity index is 1.79. The van der Waals surface area contributed by atoms with Crippen molar-refractivity contribution in [3.05, 3.63) is 29.3 Å². The predicted molar refractivity (Wildman–Crippen MR) is 78.0 cm³/mol. The van der Waals surface area contributed by atoms with E-state index in [1.165, 1.54) is 19.3 Å². The monoisotopic (exact) mass is 274 g/mol. The third kappa shape index (κ3) is 2.40. The van der Waals surface area contributed by atoms with Crippen LogP contribution in [0.25, 0.3) is 0 Å². The molecular formula is C16H22N2O2. The van der Waals surface area contributed by atoms with Crippen LogP contribution in [0.15, 0.2) is 18.2 Å². The SMILES string of the molecule is CCN(C1CCC1)[C@@H]1COc2ccc(C(N)=O)cc2C1. The summed E-state index contributed by atoms with van der Waals surface area (Å²) in [4.78, 5) is 13.9. The van der Waals surface area contributed by atoms with Crippen LogP contribution in [0.5, 0.6) is 5.75 Å². The molecule has 0 bridgehead atoms. The van der Waals surface area contributed by atoms with Crippen LogP contribution in [0.1, 0.15) is 42.1 Å². The van der Waals surface area contributed by atoms with Gasteiger partial charge in [-0.3, -0.25) is 9.69 Å². The molecule has 1 aromatic rings. The third-order valence-corrected chi connectivity index (χ3v) is 4.61. The fourth-order valence-corrected chi connectivity index (χ4v) is 3.28. The van der Waals surface area contributed by atoms with E-state index in [1.54, 1.807) is 6.07 Å². The molecule has 108 valence electrons. The summed E-state index contributed by atoms with van der Waals surface area (Å²) >= 11 is 0. The summed E-state index contributed by atoms with van der Waals surface area (Å²) in [5, 5.41) is 0. The highest BCUT2D eigenvalue weighted by Gasteiger charge is 2.32. The van der Waals surface area contributed by atoms with Crippen LogP contribution in [0.3, 0.4) is 0 Å². The minimum absolute atomic E-state index is 0.374. The van der Waals surface area contributed by atoms with Gasteiger partial charge in [-0.2, -0.15) is 0 Å². The lowest BCUT2D eigenvalue weighted by Crippen LogP contribution is -2.51. The Bertz CT molecular complexity index is 511. The number of carbonyl (C=O) groups is 1. The molecule has 4 nitrogen and oxygen atoms in total. The Kier molecular flexibility index (Phi) is 3.66. The molecule has 3 rings (SSSR count). The van der Waals surface area contributed by atoms with Gasteiger partial charge in [-0.25, -0.2) is 0 Å². The largest absolute Gasteiger partial charge is 0.492 e. The minimum atomic E-state index is -0.374. The number of hydrogen-bond donors (Lipinski definition) is 1. The Morgan fingerprint density at radius 1 is 1.40 bits per heavy atom. The number of benzene rings is 1. The van der Waals surface area contributed by atoms with Crippen LogP contribution in [-0.4, -0.2) is 36.0 Å². The van der Waals surface area contributed by atoms with Crippen molar-refractivity contribution in [2.45, 2.75) is 44.7 Å². The van der Waals surface area contributed by atoms with Crippen LogP contribution in [0.4, 0.5) is 0 Å². The summed E-state index contributed by atoms with van der Waals surface area (Å²) in [6.45, 7) is 4.02. The fraction of sp³-hybridized carbons (Fsp3) is 0.562. The molecule has 20 heavy (non-hydrogen) atoms. The quantitative estimate of drug-likeness (QED) is 0.913. The van der Waals surface area contributed by atoms with Crippen LogP contribution < -0.4 is 10.5 Å². The number of hydrogen-bond acceptors (Lipinski definition) is 3. The summed E-state index contributed by atoms with van der Waals surface area (Å²) in [7, 11) is 0. The highest BCUT2D eigenvalue weighted by Crippen LogP contribution is 2.32. The van der Waals surface area contributed by atoms with Crippen molar-refractivity contribution in [1.29, 1.82) is 0 Å². The van der Waals surface area contributed by atoms with Crippen molar-refractivity contribution in [2.24, 2.45) is 5.73 Å². The van der Waals surface area contributed by atoms with E-state index in [4.69, 9.17) is 10.5 Å². The normalized spacial score (nSPS) is 22.0. The molecule has 1 fully saturated rings. The van der Waals surface area contributed by atoms with Gasteiger partial charge < -0.3 is 10.5 Å². The van der Waals surface area contributed by atoms with Gasteiger partial charge in [0.15, 0.2) is 0 Å². The van der Waals surface area contributed by atoms with E-state index < -0.39 is 0 Å². The number of carbonyl (C=O) groups excluding carboxylic acids is 1. The van der Waals surface area contributed by atoms with E-state index in [1.807, 2.05) is 12.1 Å². The van der Waals surface area contributed by atoms with Crippen molar-refractivity contribution in [3.8, 4) is 5.75 Å². The second-order valence-electron chi connectivity index (χ2n) is 5.77. The molecule has 0 radical (unpaired) electrons. The number of amides is 1. The molecule has 0 aromatic heterocycles. The average molecular weight is 274 g/mol. The number of primary amides is 1. The Morgan fingerprint density at radius 2 is 2.20 bits per heavy atom. The number of ether oxygens (including phenoxy) is 1. The van der Waals surface area contributed by atoms with Crippen molar-refractivity contribution < 1.29 is 9.53 Å². The van der Waals surface area contributed by atoms with Gasteiger partial charge in [0.25, 0.3) is 0 Å². The minimum Gasteiger partial charge on any atom is -0.492 e. The zero-order chi connectivity index (χ0) is 14.1. The first-order chi connectivity index (χ1) is 9.69. The second kappa shape index (κ2) is 5.44. The number of nitrogens with zero attached hydrogens (tertiary/aromatic N) is 1. The van der Waals surface area contributed by atoms with Crippen LogP contribution in [-0.2, 0) is 6.42 Å². The number of likely N-dealkylation sites (N-methyl/N-ethyl adjacent to an activating group) is 1. The molecule has 2 aliphatic rings. The summed E-state index contributed by atoms with van der Waals surface area (Å²) in [5.41, 5.74) is 7.03. The first kappa shape index (κ1) is 13.4. The zero-order valence-corrected chi connectivity index (χ0v) is 12.0. The number of rotatable bonds is 4. The van der Waals surface area contributed by atoms with Gasteiger partial charge >= 0.3 is 0 Å². The molecule has 4 heteroatoms. The van der Waals surface area contributed by atoms with Crippen LogP contribution in [0.2, 0.25) is 0 Å². The van der Waals surface area contributed by atoms with Gasteiger partial charge in [0.05, 0.1) is 0 Å². The summed E-state index contributed by atoms with van der Waals surface area (Å²) < 4.78 is 5.88. The van der Waals surface area contributed by atoms with Gasteiger partial charge in [-0.05, 0) is 49.6 Å². The van der Waals surface area contributed by atoms with E-state index in [-0.39, 0.29) is 5.91 Å². The maximum absolute atomic E-state index is 11.3. The average Bonchev–Trinajstić information content (AvgIpc) is 2.41. The van der Waals surface area contributed by atoms with E-state index in [0.29, 0.717) is 11.6 Å². The highest BCUT2D eigenvalue weighted by molar-refractivity contribution is 5.93. The van der Waals surface area contributed by atoms with E-state index in [0.717, 1.165) is 36.9 Å². The summed E-state index contributed by atoms with van der Waals surface area (Å²) in [6, 6.07) is 6.63. The molecule has 1 aliphatic carbocycles. The smallest absolute Gasteiger partial charge is 0.248 e. The Morgan fingerprint density at radius 3 is 2.80 bits per heavy atom. The molecule has 1 heterocycles. The van der Waals surface area contributed by atoms with Gasteiger partial charge in [0, 0.05) is 17.6 Å². The number of fused-ring (bicyclic) bond motifs is 1. The van der Waals surface area contributed by atoms with Crippen LogP contribution >= 0.6 is 0 Å². The number of nitrogens with two attached hydrogens (primary N) is 1. The van der Waals surface area contributed by atoms with Gasteiger partial charge in [0.2, 0.25) is 5.91 Å². The third-order valence-electron chi connectivity index (χ3n) is 4.61. The van der Waals surface area contributed by atoms with Crippen molar-refractivity contribution in [3.63, 3.8) is 0 Å². The Labute approximate surface area is 119 Å². The molecule has 0 saturated heterocycles. The van der Waals surface area contributed by atoms with Gasteiger partial charge in [0.1, 0.15) is 12.4 Å². The van der Waals surface area contributed by atoms with E-state index in [9.17, 15) is 4.79 Å². The van der Waals surface area contributed by atoms with Crippen molar-refractivity contribution in [1.82, 2.24) is 4.90 Å². The molecule has 1 aromatic carbocycles. The zero-order valence-electron chi connectivity index (χ0n) is 12.0. The summed E-state index contributed by atoms with van der Waals surface area (Å²) in [5.74, 6) is 0.525. The molecule has 0 unspecified atom stereocenters. The first-order valence-electron chi connectivity index (χ1n) is 7.50. The lowest BCUT2D eigenvalue weighted by Gasteiger charge is -2.43. The van der Waals surface area contributed by atoms with Crippen LogP contribution in [0, 0.1) is 0 Å². The topological polar surface area (TPSA) is 55.6 Å². The van der Waals surface area contributed by atoms with E-state index in [2.05, 4.69) is 11.8 Å². The lowest BCUT2D eigenvalue weighted by molar-refractivity contribution is 0.0494. The maximum Gasteiger partial charge on any atom is 0.248 e. The Hall–Kier alpha value is -1.55. The lowest BCUT2D eigenvalue weighted by atomic mass is 9.88. The molecule has 1 atom stereocenters.